The highest BCUT2D eigenvalue weighted by molar-refractivity contribution is 5.75. The first-order chi connectivity index (χ1) is 9.23. The third kappa shape index (κ3) is 2.48. The Labute approximate surface area is 111 Å². The van der Waals surface area contributed by atoms with Crippen LogP contribution in [0.2, 0.25) is 0 Å². The summed E-state index contributed by atoms with van der Waals surface area (Å²) in [5, 5.41) is 3.86. The lowest BCUT2D eigenvalue weighted by Crippen LogP contribution is -1.95. The van der Waals surface area contributed by atoms with Gasteiger partial charge in [-0.25, -0.2) is 0 Å². The first kappa shape index (κ1) is 13.2. The minimum atomic E-state index is 0.310. The second kappa shape index (κ2) is 5.62. The molecule has 1 heterocycles. The zero-order chi connectivity index (χ0) is 13.8. The first-order valence-electron chi connectivity index (χ1n) is 5.69. The zero-order valence-corrected chi connectivity index (χ0v) is 11.1. The highest BCUT2D eigenvalue weighted by atomic mass is 16.5. The molecule has 6 heteroatoms. The van der Waals surface area contributed by atoms with Gasteiger partial charge in [0, 0.05) is 24.7 Å². The summed E-state index contributed by atoms with van der Waals surface area (Å²) in [4.78, 5) is 0. The van der Waals surface area contributed by atoms with Crippen molar-refractivity contribution in [3.05, 3.63) is 23.9 Å². The summed E-state index contributed by atoms with van der Waals surface area (Å²) in [5.74, 6) is 2.33. The van der Waals surface area contributed by atoms with E-state index in [0.29, 0.717) is 40.8 Å². The topological polar surface area (TPSA) is 79.7 Å². The molecule has 0 radical (unpaired) electrons. The fraction of sp³-hybridized carbons (Fsp3) is 0.308. The van der Waals surface area contributed by atoms with Gasteiger partial charge < -0.3 is 24.5 Å². The van der Waals surface area contributed by atoms with E-state index in [0.717, 1.165) is 0 Å². The lowest BCUT2D eigenvalue weighted by atomic mass is 10.1. The molecule has 0 amide bonds. The molecule has 0 bridgehead atoms. The van der Waals surface area contributed by atoms with E-state index in [4.69, 9.17) is 24.5 Å². The minimum absolute atomic E-state index is 0.310. The Morgan fingerprint density at radius 3 is 2.11 bits per heavy atom. The molecule has 0 spiro atoms. The summed E-state index contributed by atoms with van der Waals surface area (Å²) in [7, 11) is 4.71. The fourth-order valence-corrected chi connectivity index (χ4v) is 1.77. The van der Waals surface area contributed by atoms with Crippen molar-refractivity contribution in [2.75, 3.05) is 21.3 Å². The second-order valence-electron chi connectivity index (χ2n) is 3.79. The Balaban J connectivity index is 2.59. The Kier molecular flexibility index (Phi) is 3.91. The van der Waals surface area contributed by atoms with Crippen LogP contribution in [0.1, 0.15) is 5.69 Å². The van der Waals surface area contributed by atoms with Crippen molar-refractivity contribution in [3.8, 4) is 28.6 Å². The number of ether oxygens (including phenoxy) is 3. The van der Waals surface area contributed by atoms with Crippen LogP contribution in [0.5, 0.6) is 17.2 Å². The second-order valence-corrected chi connectivity index (χ2v) is 3.79. The van der Waals surface area contributed by atoms with E-state index in [1.165, 1.54) is 0 Å². The van der Waals surface area contributed by atoms with Crippen LogP contribution in [0, 0.1) is 0 Å². The third-order valence-electron chi connectivity index (χ3n) is 2.73. The minimum Gasteiger partial charge on any atom is -0.496 e. The standard InChI is InChI=1S/C13H16N2O4/c1-16-9-5-10(17-2)13(11(6-9)18-3)12-4-8(7-14)15-19-12/h4-6H,7,14H2,1-3H3. The summed E-state index contributed by atoms with van der Waals surface area (Å²) in [5.41, 5.74) is 6.86. The van der Waals surface area contributed by atoms with Gasteiger partial charge >= 0.3 is 0 Å². The van der Waals surface area contributed by atoms with Crippen LogP contribution in [-0.2, 0) is 6.54 Å². The maximum Gasteiger partial charge on any atom is 0.174 e. The number of aromatic nitrogens is 1. The van der Waals surface area contributed by atoms with Gasteiger partial charge in [0.15, 0.2) is 5.76 Å². The number of methoxy groups -OCH3 is 3. The average molecular weight is 264 g/mol. The molecule has 0 unspecified atom stereocenters. The molecule has 1 aromatic carbocycles. The number of benzene rings is 1. The molecule has 0 atom stereocenters. The lowest BCUT2D eigenvalue weighted by Gasteiger charge is -2.12. The van der Waals surface area contributed by atoms with E-state index in [2.05, 4.69) is 5.16 Å². The quantitative estimate of drug-likeness (QED) is 0.887. The molecule has 6 nitrogen and oxygen atoms in total. The van der Waals surface area contributed by atoms with Gasteiger partial charge in [0.25, 0.3) is 0 Å². The van der Waals surface area contributed by atoms with Crippen LogP contribution in [0.25, 0.3) is 11.3 Å². The summed E-state index contributed by atoms with van der Waals surface area (Å²) in [6, 6.07) is 5.26. The van der Waals surface area contributed by atoms with Crippen LogP contribution < -0.4 is 19.9 Å². The van der Waals surface area contributed by atoms with Crippen LogP contribution in [-0.4, -0.2) is 26.5 Å². The van der Waals surface area contributed by atoms with Crippen molar-refractivity contribution >= 4 is 0 Å². The Morgan fingerprint density at radius 2 is 1.68 bits per heavy atom. The fourth-order valence-electron chi connectivity index (χ4n) is 1.77. The Morgan fingerprint density at radius 1 is 1.05 bits per heavy atom. The van der Waals surface area contributed by atoms with Gasteiger partial charge in [-0.3, -0.25) is 0 Å². The van der Waals surface area contributed by atoms with E-state index < -0.39 is 0 Å². The first-order valence-corrected chi connectivity index (χ1v) is 5.69. The van der Waals surface area contributed by atoms with E-state index in [1.54, 1.807) is 39.5 Å². The normalized spacial score (nSPS) is 10.3. The van der Waals surface area contributed by atoms with Gasteiger partial charge in [0.05, 0.1) is 27.0 Å². The van der Waals surface area contributed by atoms with E-state index in [9.17, 15) is 0 Å². The van der Waals surface area contributed by atoms with Gasteiger partial charge in [-0.15, -0.1) is 0 Å². The molecule has 0 saturated heterocycles. The molecule has 0 fully saturated rings. The Hall–Kier alpha value is -2.21. The van der Waals surface area contributed by atoms with Crippen LogP contribution in [0.15, 0.2) is 22.7 Å². The lowest BCUT2D eigenvalue weighted by molar-refractivity contribution is 0.371. The highest BCUT2D eigenvalue weighted by Crippen LogP contribution is 2.41. The van der Waals surface area contributed by atoms with Gasteiger partial charge in [-0.2, -0.15) is 0 Å². The van der Waals surface area contributed by atoms with Gasteiger partial charge in [0.2, 0.25) is 0 Å². The van der Waals surface area contributed by atoms with Gasteiger partial charge in [-0.1, -0.05) is 5.16 Å². The molecule has 2 N–H and O–H groups in total. The molecule has 2 aromatic rings. The molecule has 1 aromatic heterocycles. The van der Waals surface area contributed by atoms with Crippen LogP contribution in [0.3, 0.4) is 0 Å². The molecule has 102 valence electrons. The molecule has 19 heavy (non-hydrogen) atoms. The maximum absolute atomic E-state index is 5.52. The monoisotopic (exact) mass is 264 g/mol. The maximum atomic E-state index is 5.52. The molecule has 2 rings (SSSR count). The predicted octanol–water partition coefficient (Wildman–Crippen LogP) is 1.83. The molecule has 0 aliphatic heterocycles. The van der Waals surface area contributed by atoms with Gasteiger partial charge in [0.1, 0.15) is 22.8 Å². The van der Waals surface area contributed by atoms with Crippen LogP contribution >= 0.6 is 0 Å². The van der Waals surface area contributed by atoms with E-state index >= 15 is 0 Å². The van der Waals surface area contributed by atoms with Crippen molar-refractivity contribution in [1.29, 1.82) is 0 Å². The number of hydrogen-bond donors (Lipinski definition) is 1. The summed E-state index contributed by atoms with van der Waals surface area (Å²) in [6.45, 7) is 0.310. The smallest absolute Gasteiger partial charge is 0.174 e. The summed E-state index contributed by atoms with van der Waals surface area (Å²) in [6.07, 6.45) is 0. The van der Waals surface area contributed by atoms with Crippen LogP contribution in [0.4, 0.5) is 0 Å². The number of nitrogens with zero attached hydrogens (tertiary/aromatic N) is 1. The molecular formula is C13H16N2O4. The van der Waals surface area contributed by atoms with E-state index in [1.807, 2.05) is 0 Å². The average Bonchev–Trinajstić information content (AvgIpc) is 2.94. The molecule has 0 aliphatic carbocycles. The van der Waals surface area contributed by atoms with Crippen molar-refractivity contribution in [2.45, 2.75) is 6.54 Å². The summed E-state index contributed by atoms with van der Waals surface area (Å²) >= 11 is 0. The number of rotatable bonds is 5. The Bertz CT molecular complexity index is 541. The predicted molar refractivity (Wildman–Crippen MR) is 69.5 cm³/mol. The van der Waals surface area contributed by atoms with Crippen molar-refractivity contribution in [2.24, 2.45) is 5.73 Å². The molecular weight excluding hydrogens is 248 g/mol. The number of nitrogens with two attached hydrogens (primary N) is 1. The van der Waals surface area contributed by atoms with Crippen molar-refractivity contribution in [1.82, 2.24) is 5.16 Å². The third-order valence-corrected chi connectivity index (χ3v) is 2.73. The van der Waals surface area contributed by atoms with Crippen molar-refractivity contribution in [3.63, 3.8) is 0 Å². The highest BCUT2D eigenvalue weighted by Gasteiger charge is 2.19. The largest absolute Gasteiger partial charge is 0.496 e. The SMILES string of the molecule is COc1cc(OC)c(-c2cc(CN)no2)c(OC)c1. The van der Waals surface area contributed by atoms with Gasteiger partial charge in [-0.05, 0) is 0 Å². The van der Waals surface area contributed by atoms with Crippen molar-refractivity contribution < 1.29 is 18.7 Å². The molecule has 0 aliphatic rings. The summed E-state index contributed by atoms with van der Waals surface area (Å²) < 4.78 is 21.2. The van der Waals surface area contributed by atoms with E-state index in [-0.39, 0.29) is 0 Å². The molecule has 0 saturated carbocycles. The zero-order valence-electron chi connectivity index (χ0n) is 11.1. The number of hydrogen-bond acceptors (Lipinski definition) is 6.